The summed E-state index contributed by atoms with van der Waals surface area (Å²) < 4.78 is 11.3. The lowest BCUT2D eigenvalue weighted by molar-refractivity contribution is -0.111. The number of nitrogens with zero attached hydrogens (tertiary/aromatic N) is 2. The van der Waals surface area contributed by atoms with Crippen molar-refractivity contribution < 1.29 is 14.3 Å². The fourth-order valence-corrected chi connectivity index (χ4v) is 2.89. The lowest BCUT2D eigenvalue weighted by Crippen LogP contribution is -2.37. The van der Waals surface area contributed by atoms with Crippen molar-refractivity contribution in [1.29, 1.82) is 0 Å². The van der Waals surface area contributed by atoms with Gasteiger partial charge in [-0.25, -0.2) is 4.98 Å². The Labute approximate surface area is 159 Å². The van der Waals surface area contributed by atoms with Crippen LogP contribution >= 0.6 is 0 Å². The zero-order valence-electron chi connectivity index (χ0n) is 15.5. The van der Waals surface area contributed by atoms with Gasteiger partial charge in [0.1, 0.15) is 11.6 Å². The largest absolute Gasteiger partial charge is 0.491 e. The van der Waals surface area contributed by atoms with Crippen LogP contribution in [0.25, 0.3) is 11.4 Å². The number of benzene rings is 1. The van der Waals surface area contributed by atoms with Crippen molar-refractivity contribution in [2.45, 2.75) is 13.3 Å². The third-order valence-electron chi connectivity index (χ3n) is 4.22. The van der Waals surface area contributed by atoms with Gasteiger partial charge >= 0.3 is 0 Å². The number of aromatic nitrogens is 2. The van der Waals surface area contributed by atoms with E-state index in [9.17, 15) is 4.79 Å². The molecule has 0 unspecified atom stereocenters. The molecule has 0 saturated carbocycles. The lowest BCUT2D eigenvalue weighted by atomic mass is 10.1. The number of ether oxygens (including phenoxy) is 2. The second-order valence-corrected chi connectivity index (χ2v) is 6.13. The van der Waals surface area contributed by atoms with Crippen LogP contribution in [0.15, 0.2) is 30.6 Å². The van der Waals surface area contributed by atoms with E-state index in [4.69, 9.17) is 9.47 Å². The van der Waals surface area contributed by atoms with E-state index in [0.717, 1.165) is 50.7 Å². The van der Waals surface area contributed by atoms with E-state index >= 15 is 0 Å². The van der Waals surface area contributed by atoms with E-state index in [0.29, 0.717) is 18.0 Å². The van der Waals surface area contributed by atoms with Crippen molar-refractivity contribution in [1.82, 2.24) is 14.9 Å². The fourth-order valence-electron chi connectivity index (χ4n) is 2.89. The van der Waals surface area contributed by atoms with Crippen molar-refractivity contribution in [2.24, 2.45) is 0 Å². The predicted octanol–water partition coefficient (Wildman–Crippen LogP) is 2.14. The maximum Gasteiger partial charge on any atom is 0.300 e. The molecule has 0 bridgehead atoms. The third-order valence-corrected chi connectivity index (χ3v) is 4.22. The number of rotatable bonds is 7. The molecule has 142 valence electrons. The average Bonchev–Trinajstić information content (AvgIpc) is 3.22. The molecular formula is C20H24N4O3. The molecule has 2 heterocycles. The maximum atomic E-state index is 11.9. The van der Waals surface area contributed by atoms with Crippen molar-refractivity contribution in [3.05, 3.63) is 30.6 Å². The number of amides is 1. The minimum atomic E-state index is -0.368. The number of aromatic amines is 1. The number of hydrogen-bond donors (Lipinski definition) is 2. The Balaban J connectivity index is 1.64. The van der Waals surface area contributed by atoms with E-state index in [1.807, 2.05) is 18.2 Å². The van der Waals surface area contributed by atoms with E-state index in [-0.39, 0.29) is 5.91 Å². The first-order chi connectivity index (χ1) is 13.3. The summed E-state index contributed by atoms with van der Waals surface area (Å²) in [6.45, 7) is 6.69. The standard InChI is InChI=1S/C20H24N4O3/c1-2-4-19(25)23-17-15-16(20-21-7-8-22-20)5-6-18(17)27-12-3-9-24-10-13-26-14-11-24/h5-8,15H,3,9-14H2,1H3,(H,21,22)(H,23,25). The van der Waals surface area contributed by atoms with Crippen LogP contribution in [0.2, 0.25) is 0 Å². The predicted molar refractivity (Wildman–Crippen MR) is 103 cm³/mol. The van der Waals surface area contributed by atoms with Gasteiger partial charge < -0.3 is 19.8 Å². The summed E-state index contributed by atoms with van der Waals surface area (Å²) in [5.74, 6) is 6.07. The van der Waals surface area contributed by atoms with Crippen LogP contribution in [0.1, 0.15) is 13.3 Å². The van der Waals surface area contributed by atoms with Gasteiger partial charge in [0.05, 0.1) is 25.5 Å². The summed E-state index contributed by atoms with van der Waals surface area (Å²) in [5.41, 5.74) is 1.45. The van der Waals surface area contributed by atoms with Crippen LogP contribution in [0, 0.1) is 11.8 Å². The van der Waals surface area contributed by atoms with Crippen LogP contribution in [-0.4, -0.2) is 60.2 Å². The van der Waals surface area contributed by atoms with Gasteiger partial charge in [-0.05, 0) is 37.5 Å². The third kappa shape index (κ3) is 5.58. The number of carbonyl (C=O) groups excluding carboxylic acids is 1. The lowest BCUT2D eigenvalue weighted by Gasteiger charge is -2.26. The summed E-state index contributed by atoms with van der Waals surface area (Å²) in [5, 5.41) is 2.80. The quantitative estimate of drug-likeness (QED) is 0.578. The van der Waals surface area contributed by atoms with Gasteiger partial charge in [-0.3, -0.25) is 9.69 Å². The molecule has 1 aliphatic rings. The number of carbonyl (C=O) groups is 1. The SMILES string of the molecule is CC#CC(=O)Nc1cc(-c2ncc[nH]2)ccc1OCCCN1CCOCC1. The molecule has 1 saturated heterocycles. The molecule has 0 radical (unpaired) electrons. The molecule has 0 atom stereocenters. The van der Waals surface area contributed by atoms with Crippen LogP contribution in [0.4, 0.5) is 5.69 Å². The van der Waals surface area contributed by atoms with Crippen molar-refractivity contribution in [3.8, 4) is 29.0 Å². The summed E-state index contributed by atoms with van der Waals surface area (Å²) in [6, 6.07) is 5.60. The number of nitrogens with one attached hydrogen (secondary N) is 2. The molecule has 27 heavy (non-hydrogen) atoms. The van der Waals surface area contributed by atoms with Crippen molar-refractivity contribution in [3.63, 3.8) is 0 Å². The first-order valence-corrected chi connectivity index (χ1v) is 9.06. The molecule has 1 aromatic carbocycles. The Morgan fingerprint density at radius 2 is 2.26 bits per heavy atom. The highest BCUT2D eigenvalue weighted by Gasteiger charge is 2.12. The number of anilines is 1. The minimum Gasteiger partial charge on any atom is -0.491 e. The minimum absolute atomic E-state index is 0.368. The molecule has 3 rings (SSSR count). The molecule has 1 aromatic heterocycles. The van der Waals surface area contributed by atoms with Gasteiger partial charge in [-0.2, -0.15) is 0 Å². The van der Waals surface area contributed by atoms with E-state index in [1.165, 1.54) is 0 Å². The number of hydrogen-bond acceptors (Lipinski definition) is 5. The molecule has 0 spiro atoms. The Bertz CT molecular complexity index is 802. The fraction of sp³-hybridized carbons (Fsp3) is 0.400. The van der Waals surface area contributed by atoms with Crippen molar-refractivity contribution >= 4 is 11.6 Å². The molecule has 2 N–H and O–H groups in total. The molecule has 1 fully saturated rings. The number of morpholine rings is 1. The van der Waals surface area contributed by atoms with Gasteiger partial charge in [0.2, 0.25) is 0 Å². The first kappa shape index (κ1) is 19.0. The van der Waals surface area contributed by atoms with Crippen LogP contribution in [0.5, 0.6) is 5.75 Å². The highest BCUT2D eigenvalue weighted by molar-refractivity contribution is 6.05. The normalized spacial score (nSPS) is 14.3. The van der Waals surface area contributed by atoms with Crippen molar-refractivity contribution in [2.75, 3.05) is 44.8 Å². The Morgan fingerprint density at radius 3 is 3.00 bits per heavy atom. The zero-order valence-corrected chi connectivity index (χ0v) is 15.5. The first-order valence-electron chi connectivity index (χ1n) is 9.06. The van der Waals surface area contributed by atoms with Crippen LogP contribution in [0.3, 0.4) is 0 Å². The molecule has 2 aromatic rings. The van der Waals surface area contributed by atoms with Gasteiger partial charge in [-0.1, -0.05) is 5.92 Å². The molecule has 7 nitrogen and oxygen atoms in total. The molecule has 7 heteroatoms. The molecule has 1 amide bonds. The highest BCUT2D eigenvalue weighted by Crippen LogP contribution is 2.29. The van der Waals surface area contributed by atoms with Gasteiger partial charge in [0, 0.05) is 37.6 Å². The molecular weight excluding hydrogens is 344 g/mol. The van der Waals surface area contributed by atoms with E-state index in [2.05, 4.69) is 32.0 Å². The number of imidazole rings is 1. The number of H-pyrrole nitrogens is 1. The highest BCUT2D eigenvalue weighted by atomic mass is 16.5. The second kappa shape index (κ2) is 9.76. The summed E-state index contributed by atoms with van der Waals surface area (Å²) in [4.78, 5) is 21.6. The Morgan fingerprint density at radius 1 is 1.41 bits per heavy atom. The summed E-state index contributed by atoms with van der Waals surface area (Å²) in [6.07, 6.45) is 4.35. The van der Waals surface area contributed by atoms with Gasteiger partial charge in [0.25, 0.3) is 5.91 Å². The summed E-state index contributed by atoms with van der Waals surface area (Å²) >= 11 is 0. The van der Waals surface area contributed by atoms with E-state index < -0.39 is 0 Å². The smallest absolute Gasteiger partial charge is 0.300 e. The monoisotopic (exact) mass is 368 g/mol. The maximum absolute atomic E-state index is 11.9. The van der Waals surface area contributed by atoms with Crippen LogP contribution in [-0.2, 0) is 9.53 Å². The Kier molecular flexibility index (Phi) is 6.85. The van der Waals surface area contributed by atoms with Gasteiger partial charge in [-0.15, -0.1) is 0 Å². The zero-order chi connectivity index (χ0) is 18.9. The molecule has 1 aliphatic heterocycles. The van der Waals surface area contributed by atoms with E-state index in [1.54, 1.807) is 19.3 Å². The Hall–Kier alpha value is -2.82. The second-order valence-electron chi connectivity index (χ2n) is 6.13. The average molecular weight is 368 g/mol. The molecule has 0 aliphatic carbocycles. The van der Waals surface area contributed by atoms with Crippen LogP contribution < -0.4 is 10.1 Å². The topological polar surface area (TPSA) is 79.5 Å². The van der Waals surface area contributed by atoms with Gasteiger partial charge in [0.15, 0.2) is 0 Å². The summed E-state index contributed by atoms with van der Waals surface area (Å²) in [7, 11) is 0.